The maximum Gasteiger partial charge on any atom is 0.261 e. The standard InChI is InChI=1S/C28H30N4O4S/c1-19(2)28-30-26(31-36-28)18-22-6-13-23(14-7-22)29-27(33)17-10-21-8-15-25(16-9-21)37(34,35)32-24-11-4-20(3)5-12-24/h4-9,11-16,19,32H,10,17-18H2,1-3H3,(H,29,33). The Bertz CT molecular complexity index is 1440. The van der Waals surface area contributed by atoms with Crippen LogP contribution in [0.5, 0.6) is 0 Å². The summed E-state index contributed by atoms with van der Waals surface area (Å²) in [7, 11) is -3.68. The molecule has 0 radical (unpaired) electrons. The average Bonchev–Trinajstić information content (AvgIpc) is 3.34. The van der Waals surface area contributed by atoms with Gasteiger partial charge >= 0.3 is 0 Å². The van der Waals surface area contributed by atoms with E-state index in [4.69, 9.17) is 4.52 Å². The minimum absolute atomic E-state index is 0.120. The Morgan fingerprint density at radius 3 is 2.14 bits per heavy atom. The highest BCUT2D eigenvalue weighted by molar-refractivity contribution is 7.92. The number of anilines is 2. The van der Waals surface area contributed by atoms with Gasteiger partial charge in [-0.1, -0.05) is 61.0 Å². The topological polar surface area (TPSA) is 114 Å². The van der Waals surface area contributed by atoms with Gasteiger partial charge in [-0.25, -0.2) is 8.42 Å². The molecule has 8 nitrogen and oxygen atoms in total. The first kappa shape index (κ1) is 26.1. The normalized spacial score (nSPS) is 11.5. The molecule has 0 spiro atoms. The lowest BCUT2D eigenvalue weighted by Gasteiger charge is -2.09. The van der Waals surface area contributed by atoms with E-state index in [-0.39, 0.29) is 23.1 Å². The van der Waals surface area contributed by atoms with E-state index >= 15 is 0 Å². The number of amides is 1. The molecule has 9 heteroatoms. The third-order valence-electron chi connectivity index (χ3n) is 5.76. The highest BCUT2D eigenvalue weighted by Gasteiger charge is 2.14. The smallest absolute Gasteiger partial charge is 0.261 e. The molecule has 0 aliphatic rings. The summed E-state index contributed by atoms with van der Waals surface area (Å²) in [6, 6.07) is 21.2. The van der Waals surface area contributed by atoms with Crippen LogP contribution in [0.4, 0.5) is 11.4 Å². The predicted molar refractivity (Wildman–Crippen MR) is 143 cm³/mol. The van der Waals surface area contributed by atoms with E-state index in [2.05, 4.69) is 20.2 Å². The Hall–Kier alpha value is -3.98. The van der Waals surface area contributed by atoms with E-state index in [0.717, 1.165) is 16.7 Å². The number of nitrogens with one attached hydrogen (secondary N) is 2. The quantitative estimate of drug-likeness (QED) is 0.288. The van der Waals surface area contributed by atoms with Crippen molar-refractivity contribution in [1.82, 2.24) is 10.1 Å². The van der Waals surface area contributed by atoms with Crippen molar-refractivity contribution >= 4 is 27.3 Å². The fourth-order valence-electron chi connectivity index (χ4n) is 3.61. The van der Waals surface area contributed by atoms with Gasteiger partial charge in [0.05, 0.1) is 4.90 Å². The molecule has 1 heterocycles. The number of nitrogens with zero attached hydrogens (tertiary/aromatic N) is 2. The number of aromatic nitrogens is 2. The van der Waals surface area contributed by atoms with Gasteiger partial charge in [0, 0.05) is 30.1 Å². The fourth-order valence-corrected chi connectivity index (χ4v) is 4.67. The second-order valence-corrected chi connectivity index (χ2v) is 10.9. The SMILES string of the molecule is Cc1ccc(NS(=O)(=O)c2ccc(CCC(=O)Nc3ccc(Cc4noc(C(C)C)n4)cc3)cc2)cc1. The molecule has 4 aromatic rings. The van der Waals surface area contributed by atoms with Gasteiger partial charge in [0.15, 0.2) is 5.82 Å². The van der Waals surface area contributed by atoms with Crippen LogP contribution in [0.15, 0.2) is 82.2 Å². The van der Waals surface area contributed by atoms with E-state index in [0.29, 0.717) is 35.9 Å². The summed E-state index contributed by atoms with van der Waals surface area (Å²) in [5.74, 6) is 1.32. The number of hydrogen-bond acceptors (Lipinski definition) is 6. The van der Waals surface area contributed by atoms with Crippen LogP contribution in [-0.2, 0) is 27.7 Å². The van der Waals surface area contributed by atoms with Gasteiger partial charge in [0.2, 0.25) is 11.8 Å². The molecule has 1 amide bonds. The highest BCUT2D eigenvalue weighted by atomic mass is 32.2. The maximum atomic E-state index is 12.6. The van der Waals surface area contributed by atoms with E-state index in [1.807, 2.05) is 57.2 Å². The van der Waals surface area contributed by atoms with Crippen molar-refractivity contribution in [2.75, 3.05) is 10.0 Å². The van der Waals surface area contributed by atoms with E-state index in [1.165, 1.54) is 0 Å². The highest BCUT2D eigenvalue weighted by Crippen LogP contribution is 2.19. The fraction of sp³-hybridized carbons (Fsp3) is 0.250. The van der Waals surface area contributed by atoms with Crippen LogP contribution in [-0.4, -0.2) is 24.5 Å². The number of hydrogen-bond donors (Lipinski definition) is 2. The minimum Gasteiger partial charge on any atom is -0.339 e. The van der Waals surface area contributed by atoms with Crippen LogP contribution in [0.2, 0.25) is 0 Å². The molecule has 1 aromatic heterocycles. The minimum atomic E-state index is -3.68. The lowest BCUT2D eigenvalue weighted by atomic mass is 10.1. The third-order valence-corrected chi connectivity index (χ3v) is 7.15. The number of sulfonamides is 1. The summed E-state index contributed by atoms with van der Waals surface area (Å²) in [4.78, 5) is 17.0. The number of carbonyl (C=O) groups is 1. The van der Waals surface area contributed by atoms with Gasteiger partial charge in [-0.15, -0.1) is 0 Å². The van der Waals surface area contributed by atoms with Crippen molar-refractivity contribution in [2.24, 2.45) is 0 Å². The molecule has 0 aliphatic heterocycles. The van der Waals surface area contributed by atoms with Crippen molar-refractivity contribution in [1.29, 1.82) is 0 Å². The molecule has 0 saturated heterocycles. The monoisotopic (exact) mass is 518 g/mol. The molecule has 0 aliphatic carbocycles. The first-order chi connectivity index (χ1) is 17.7. The zero-order valence-electron chi connectivity index (χ0n) is 21.1. The van der Waals surface area contributed by atoms with Crippen LogP contribution in [0.3, 0.4) is 0 Å². The Balaban J connectivity index is 1.26. The van der Waals surface area contributed by atoms with Gasteiger partial charge in [0.1, 0.15) is 0 Å². The molecule has 3 aromatic carbocycles. The van der Waals surface area contributed by atoms with Crippen LogP contribution < -0.4 is 10.0 Å². The molecule has 37 heavy (non-hydrogen) atoms. The number of benzene rings is 3. The summed E-state index contributed by atoms with van der Waals surface area (Å²) >= 11 is 0. The first-order valence-electron chi connectivity index (χ1n) is 12.1. The second kappa shape index (κ2) is 11.4. The largest absolute Gasteiger partial charge is 0.339 e. The molecular weight excluding hydrogens is 488 g/mol. The molecule has 4 rings (SSSR count). The Morgan fingerprint density at radius 2 is 1.51 bits per heavy atom. The molecule has 192 valence electrons. The Morgan fingerprint density at radius 1 is 0.892 bits per heavy atom. The van der Waals surface area contributed by atoms with Gasteiger partial charge in [-0.05, 0) is 60.9 Å². The molecule has 0 atom stereocenters. The molecule has 0 saturated carbocycles. The van der Waals surface area contributed by atoms with Crippen LogP contribution in [0.25, 0.3) is 0 Å². The number of aryl methyl sites for hydroxylation is 2. The van der Waals surface area contributed by atoms with Crippen molar-refractivity contribution in [2.45, 2.75) is 50.8 Å². The summed E-state index contributed by atoms with van der Waals surface area (Å²) in [5, 5.41) is 6.90. The van der Waals surface area contributed by atoms with E-state index in [1.54, 1.807) is 36.4 Å². The van der Waals surface area contributed by atoms with Crippen molar-refractivity contribution in [3.8, 4) is 0 Å². The number of rotatable bonds is 10. The average molecular weight is 519 g/mol. The molecule has 0 bridgehead atoms. The zero-order chi connectivity index (χ0) is 26.4. The summed E-state index contributed by atoms with van der Waals surface area (Å²) in [6.07, 6.45) is 1.32. The maximum absolute atomic E-state index is 12.6. The number of carbonyl (C=O) groups excluding carboxylic acids is 1. The van der Waals surface area contributed by atoms with Gasteiger partial charge in [0.25, 0.3) is 10.0 Å². The molecule has 0 unspecified atom stereocenters. The lowest BCUT2D eigenvalue weighted by Crippen LogP contribution is -2.13. The van der Waals surface area contributed by atoms with Gasteiger partial charge in [-0.3, -0.25) is 9.52 Å². The summed E-state index contributed by atoms with van der Waals surface area (Å²) < 4.78 is 33.1. The zero-order valence-corrected chi connectivity index (χ0v) is 21.9. The Kier molecular flexibility index (Phi) is 8.03. The lowest BCUT2D eigenvalue weighted by molar-refractivity contribution is -0.116. The van der Waals surface area contributed by atoms with Gasteiger partial charge < -0.3 is 9.84 Å². The van der Waals surface area contributed by atoms with E-state index in [9.17, 15) is 13.2 Å². The van der Waals surface area contributed by atoms with Crippen LogP contribution in [0, 0.1) is 6.92 Å². The first-order valence-corrected chi connectivity index (χ1v) is 13.6. The summed E-state index contributed by atoms with van der Waals surface area (Å²) in [5.41, 5.74) is 4.15. The van der Waals surface area contributed by atoms with Gasteiger partial charge in [-0.2, -0.15) is 4.98 Å². The third kappa shape index (κ3) is 7.27. The molecule has 0 fully saturated rings. The molecular formula is C28H30N4O4S. The second-order valence-electron chi connectivity index (χ2n) is 9.24. The predicted octanol–water partition coefficient (Wildman–Crippen LogP) is 5.46. The van der Waals surface area contributed by atoms with Crippen LogP contribution >= 0.6 is 0 Å². The van der Waals surface area contributed by atoms with Crippen molar-refractivity contribution in [3.05, 3.63) is 101 Å². The Labute approximate surface area is 217 Å². The van der Waals surface area contributed by atoms with Crippen molar-refractivity contribution in [3.63, 3.8) is 0 Å². The summed E-state index contributed by atoms with van der Waals surface area (Å²) in [6.45, 7) is 5.94. The van der Waals surface area contributed by atoms with Crippen molar-refractivity contribution < 1.29 is 17.7 Å². The van der Waals surface area contributed by atoms with E-state index < -0.39 is 10.0 Å². The molecule has 2 N–H and O–H groups in total. The van der Waals surface area contributed by atoms with Crippen LogP contribution in [0.1, 0.15) is 54.6 Å².